The van der Waals surface area contributed by atoms with Crippen molar-refractivity contribution in [2.24, 2.45) is 17.2 Å². The van der Waals surface area contributed by atoms with Crippen LogP contribution >= 0.6 is 0 Å². The van der Waals surface area contributed by atoms with E-state index in [-0.39, 0.29) is 43.3 Å². The quantitative estimate of drug-likeness (QED) is 0.0253. The zero-order valence-electron chi connectivity index (χ0n) is 62.9. The van der Waals surface area contributed by atoms with E-state index in [1.165, 1.54) is 218 Å². The number of amides is 4. The van der Waals surface area contributed by atoms with Gasteiger partial charge in [0.2, 0.25) is 23.6 Å². The second-order valence-electron chi connectivity index (χ2n) is 27.9. The van der Waals surface area contributed by atoms with Crippen molar-refractivity contribution >= 4 is 23.6 Å². The highest BCUT2D eigenvalue weighted by atomic mass is 16.3. The molecule has 18 nitrogen and oxygen atoms in total. The molecule has 3 unspecified atom stereocenters. The van der Waals surface area contributed by atoms with Crippen LogP contribution in [0.25, 0.3) is 0 Å². The molecule has 0 saturated heterocycles. The molecule has 95 heavy (non-hydrogen) atoms. The highest BCUT2D eigenvalue weighted by molar-refractivity contribution is 5.77. The number of aliphatic hydroxyl groups is 3. The maximum Gasteiger partial charge on any atom is 0.221 e. The summed E-state index contributed by atoms with van der Waals surface area (Å²) in [7, 11) is 0. The minimum Gasteiger partial charge on any atom is -0.390 e. The Morgan fingerprint density at radius 1 is 0.263 bits per heavy atom. The van der Waals surface area contributed by atoms with Gasteiger partial charge in [0, 0.05) is 117 Å². The Morgan fingerprint density at radius 2 is 0.463 bits per heavy atom. The summed E-state index contributed by atoms with van der Waals surface area (Å²) < 4.78 is 0. The third-order valence-corrected chi connectivity index (χ3v) is 18.4. The highest BCUT2D eigenvalue weighted by Gasteiger charge is 2.17. The van der Waals surface area contributed by atoms with E-state index in [1.54, 1.807) is 0 Å². The van der Waals surface area contributed by atoms with Gasteiger partial charge in [-0.1, -0.05) is 259 Å². The number of nitrogens with two attached hydrogens (primary N) is 3. The number of carbonyl (C=O) groups excluding carboxylic acids is 4. The van der Waals surface area contributed by atoms with Crippen LogP contribution in [0.4, 0.5) is 0 Å². The fraction of sp³-hybridized carbons (Fsp3) is 0.948. The molecule has 0 aliphatic heterocycles. The Labute approximate surface area is 586 Å². The second-order valence-corrected chi connectivity index (χ2v) is 27.9. The average Bonchev–Trinajstić information content (AvgIpc) is 3.72. The molecule has 0 aromatic carbocycles. The number of nitrogens with one attached hydrogen (secondary N) is 5. The van der Waals surface area contributed by atoms with Gasteiger partial charge in [-0.15, -0.1) is 0 Å². The molecule has 0 heterocycles. The smallest absolute Gasteiger partial charge is 0.221 e. The summed E-state index contributed by atoms with van der Waals surface area (Å²) in [5.41, 5.74) is 17.0. The van der Waals surface area contributed by atoms with E-state index in [2.05, 4.69) is 69.0 Å². The van der Waals surface area contributed by atoms with E-state index < -0.39 is 18.3 Å². The average molecular weight is 1350 g/mol. The van der Waals surface area contributed by atoms with Crippen LogP contribution < -0.4 is 43.8 Å². The zero-order valence-corrected chi connectivity index (χ0v) is 62.9. The van der Waals surface area contributed by atoms with Crippen LogP contribution in [-0.2, 0) is 19.2 Å². The Bertz CT molecular complexity index is 1550. The van der Waals surface area contributed by atoms with E-state index in [0.717, 1.165) is 117 Å². The normalized spacial score (nSPS) is 12.5. The second kappa shape index (κ2) is 77.2. The summed E-state index contributed by atoms with van der Waals surface area (Å²) in [5, 5.41) is 46.1. The van der Waals surface area contributed by atoms with Gasteiger partial charge in [0.25, 0.3) is 0 Å². The van der Waals surface area contributed by atoms with Crippen LogP contribution in [0.5, 0.6) is 0 Å². The minimum atomic E-state index is -0.625. The van der Waals surface area contributed by atoms with E-state index in [1.807, 2.05) is 0 Å². The van der Waals surface area contributed by atoms with Gasteiger partial charge in [-0.25, -0.2) is 0 Å². The molecule has 3 atom stereocenters. The third-order valence-electron chi connectivity index (χ3n) is 18.4. The maximum absolute atomic E-state index is 12.5. The molecule has 0 aromatic heterocycles. The summed E-state index contributed by atoms with van der Waals surface area (Å²) in [4.78, 5) is 55.9. The van der Waals surface area contributed by atoms with Crippen molar-refractivity contribution in [3.05, 3.63) is 0 Å². The standard InChI is InChI=1S/C40H84N6O4.C37H77N5O3/c1-3-5-7-9-11-13-15-17-19-21-27-43-39(49)25-31-45(35-37(47)33-41)29-23-24-30-46(36-38(48)34-42)32-26-40(50)44-28-22-20-18-16-14-12-10-8-6-4-2;1-3-5-7-9-11-13-15-17-19-21-28-40-36(44)25-30-39-27-23-24-31-42(34-35(43)33-38)32-26-37(45)41-29-22-20-18-16-14-12-10-8-6-4-2/h37-38,47-48H,3-36,41-42H2,1-2H3,(H,43,49)(H,44,50);35,39,43H,3-34,38H2,1-2H3,(H,40,44)(H,41,45). The zero-order chi connectivity index (χ0) is 70.0. The molecule has 4 amide bonds. The summed E-state index contributed by atoms with van der Waals surface area (Å²) >= 11 is 0. The molecule has 0 aliphatic carbocycles. The van der Waals surface area contributed by atoms with Gasteiger partial charge in [-0.05, 0) is 77.5 Å². The van der Waals surface area contributed by atoms with E-state index in [9.17, 15) is 34.5 Å². The lowest BCUT2D eigenvalue weighted by Gasteiger charge is -2.26. The molecule has 0 spiro atoms. The topological polar surface area (TPSA) is 277 Å². The van der Waals surface area contributed by atoms with E-state index in [0.29, 0.717) is 71.5 Å². The molecule has 0 saturated carbocycles. The molecule has 566 valence electrons. The number of unbranched alkanes of at least 4 members (excludes halogenated alkanes) is 38. The molecule has 18 heteroatoms. The lowest BCUT2D eigenvalue weighted by Crippen LogP contribution is -2.40. The SMILES string of the molecule is CCCCCCCCCCCCNC(=O)CCN(CCCCN(CCC(=O)NCCCCCCCCCCCC)CC(O)CN)CC(O)CN.CCCCCCCCCCCCNC(=O)CCNCCCCN(CCC(=O)NCCCCCCCCCCCC)CC(O)CN. The van der Waals surface area contributed by atoms with Gasteiger partial charge in [-0.3, -0.25) is 19.2 Å². The summed E-state index contributed by atoms with van der Waals surface area (Å²) in [6.07, 6.45) is 55.1. The van der Waals surface area contributed by atoms with Crippen LogP contribution in [0.15, 0.2) is 0 Å². The predicted octanol–water partition coefficient (Wildman–Crippen LogP) is 12.7. The Morgan fingerprint density at radius 3 is 0.695 bits per heavy atom. The van der Waals surface area contributed by atoms with E-state index in [4.69, 9.17) is 17.2 Å². The Balaban J connectivity index is 0. The highest BCUT2D eigenvalue weighted by Crippen LogP contribution is 2.15. The number of hydrogen-bond acceptors (Lipinski definition) is 14. The molecule has 14 N–H and O–H groups in total. The van der Waals surface area contributed by atoms with Crippen molar-refractivity contribution in [1.82, 2.24) is 41.3 Å². The molecule has 0 aliphatic rings. The van der Waals surface area contributed by atoms with Crippen molar-refractivity contribution in [2.45, 2.75) is 354 Å². The van der Waals surface area contributed by atoms with Gasteiger partial charge in [0.05, 0.1) is 18.3 Å². The van der Waals surface area contributed by atoms with Gasteiger partial charge < -0.3 is 73.8 Å². The first-order chi connectivity index (χ1) is 46.4. The van der Waals surface area contributed by atoms with Gasteiger partial charge >= 0.3 is 0 Å². The maximum atomic E-state index is 12.5. The Hall–Kier alpha value is -2.52. The third kappa shape index (κ3) is 74.0. The lowest BCUT2D eigenvalue weighted by atomic mass is 10.1. The van der Waals surface area contributed by atoms with Crippen molar-refractivity contribution in [3.63, 3.8) is 0 Å². The van der Waals surface area contributed by atoms with Crippen LogP contribution in [0.2, 0.25) is 0 Å². The molecule has 0 radical (unpaired) electrons. The fourth-order valence-corrected chi connectivity index (χ4v) is 12.1. The van der Waals surface area contributed by atoms with Crippen molar-refractivity contribution < 1.29 is 34.5 Å². The Kier molecular flexibility index (Phi) is 76.8. The predicted molar refractivity (Wildman–Crippen MR) is 404 cm³/mol. The largest absolute Gasteiger partial charge is 0.390 e. The van der Waals surface area contributed by atoms with Crippen molar-refractivity contribution in [3.8, 4) is 0 Å². The number of hydrogen-bond donors (Lipinski definition) is 11. The molecule has 0 fully saturated rings. The molecule has 0 aromatic rings. The van der Waals surface area contributed by atoms with Crippen molar-refractivity contribution in [2.75, 3.05) is 118 Å². The van der Waals surface area contributed by atoms with Crippen LogP contribution in [0.3, 0.4) is 0 Å². The summed E-state index contributed by atoms with van der Waals surface area (Å²) in [6.45, 7) is 19.7. The fourth-order valence-electron chi connectivity index (χ4n) is 12.1. The first-order valence-corrected chi connectivity index (χ1v) is 40.5. The summed E-state index contributed by atoms with van der Waals surface area (Å²) in [5.74, 6) is 0.334. The first-order valence-electron chi connectivity index (χ1n) is 40.5. The number of nitrogens with zero attached hydrogens (tertiary/aromatic N) is 3. The van der Waals surface area contributed by atoms with Gasteiger partial charge in [0.15, 0.2) is 0 Å². The monoisotopic (exact) mass is 1350 g/mol. The minimum absolute atomic E-state index is 0.0570. The van der Waals surface area contributed by atoms with Crippen LogP contribution in [-0.4, -0.2) is 190 Å². The van der Waals surface area contributed by atoms with E-state index >= 15 is 0 Å². The summed E-state index contributed by atoms with van der Waals surface area (Å²) in [6, 6.07) is 0. The molecular formula is C77H161N11O7. The van der Waals surface area contributed by atoms with Gasteiger partial charge in [0.1, 0.15) is 0 Å². The molecular weight excluding hydrogens is 1190 g/mol. The van der Waals surface area contributed by atoms with Gasteiger partial charge in [-0.2, -0.15) is 0 Å². The van der Waals surface area contributed by atoms with Crippen molar-refractivity contribution in [1.29, 1.82) is 0 Å². The number of rotatable bonds is 75. The lowest BCUT2D eigenvalue weighted by molar-refractivity contribution is -0.122. The molecule has 0 bridgehead atoms. The number of aliphatic hydroxyl groups excluding tert-OH is 3. The molecule has 0 rings (SSSR count). The number of carbonyl (C=O) groups is 4. The van der Waals surface area contributed by atoms with Crippen LogP contribution in [0.1, 0.15) is 336 Å². The van der Waals surface area contributed by atoms with Crippen LogP contribution in [0, 0.1) is 0 Å². The first kappa shape index (κ1) is 94.5.